The predicted octanol–water partition coefficient (Wildman–Crippen LogP) is 1.98. The van der Waals surface area contributed by atoms with E-state index in [1.165, 1.54) is 8.66 Å². The van der Waals surface area contributed by atoms with Crippen LogP contribution in [0, 0.1) is 0 Å². The van der Waals surface area contributed by atoms with Crippen molar-refractivity contribution in [1.82, 2.24) is 10.6 Å². The first kappa shape index (κ1) is 12.5. The number of morpholine rings is 1. The van der Waals surface area contributed by atoms with Crippen LogP contribution in [0.3, 0.4) is 0 Å². The Hall–Kier alpha value is 0.0600. The summed E-state index contributed by atoms with van der Waals surface area (Å²) >= 11 is 5.26. The molecule has 1 aromatic rings. The lowest BCUT2D eigenvalue weighted by Gasteiger charge is -2.23. The molecule has 16 heavy (non-hydrogen) atoms. The van der Waals surface area contributed by atoms with Crippen molar-refractivity contribution in [3.05, 3.63) is 20.8 Å². The number of hydrogen-bond donors (Lipinski definition) is 2. The van der Waals surface area contributed by atoms with Crippen LogP contribution in [0.15, 0.2) is 15.9 Å². The van der Waals surface area contributed by atoms with Gasteiger partial charge in [0.2, 0.25) is 0 Å². The molecule has 90 valence electrons. The third-order valence-electron chi connectivity index (χ3n) is 2.60. The minimum atomic E-state index is 0.524. The van der Waals surface area contributed by atoms with Crippen LogP contribution in [0.5, 0.6) is 0 Å². The summed E-state index contributed by atoms with van der Waals surface area (Å²) in [6.45, 7) is 4.70. The molecule has 2 rings (SSSR count). The largest absolute Gasteiger partial charge is 0.379 e. The van der Waals surface area contributed by atoms with E-state index in [9.17, 15) is 0 Å². The van der Waals surface area contributed by atoms with Gasteiger partial charge in [0.05, 0.1) is 17.0 Å². The van der Waals surface area contributed by atoms with E-state index >= 15 is 0 Å². The lowest BCUT2D eigenvalue weighted by atomic mass is 10.2. The van der Waals surface area contributed by atoms with Crippen molar-refractivity contribution < 1.29 is 4.74 Å². The summed E-state index contributed by atoms with van der Waals surface area (Å²) in [5, 5.41) is 6.91. The molecule has 2 heterocycles. The average Bonchev–Trinajstić information content (AvgIpc) is 2.72. The summed E-state index contributed by atoms with van der Waals surface area (Å²) in [5.41, 5.74) is 0. The SMILES string of the molecule is Brc1ccc(CNCCC2COCCN2)s1. The summed E-state index contributed by atoms with van der Waals surface area (Å²) in [5.74, 6) is 0. The maximum absolute atomic E-state index is 5.41. The molecule has 1 atom stereocenters. The van der Waals surface area contributed by atoms with Crippen LogP contribution < -0.4 is 10.6 Å². The molecular formula is C11H17BrN2OS. The van der Waals surface area contributed by atoms with Crippen LogP contribution >= 0.6 is 27.3 Å². The predicted molar refractivity (Wildman–Crippen MR) is 71.0 cm³/mol. The van der Waals surface area contributed by atoms with Crippen molar-refractivity contribution in [3.8, 4) is 0 Å². The van der Waals surface area contributed by atoms with Crippen LogP contribution in [-0.2, 0) is 11.3 Å². The number of halogens is 1. The first-order valence-corrected chi connectivity index (χ1v) is 7.21. The first-order valence-electron chi connectivity index (χ1n) is 5.60. The first-order chi connectivity index (χ1) is 7.84. The monoisotopic (exact) mass is 304 g/mol. The fourth-order valence-electron chi connectivity index (χ4n) is 1.74. The van der Waals surface area contributed by atoms with Gasteiger partial charge in [-0.05, 0) is 41.0 Å². The van der Waals surface area contributed by atoms with Gasteiger partial charge >= 0.3 is 0 Å². The zero-order valence-corrected chi connectivity index (χ0v) is 11.6. The van der Waals surface area contributed by atoms with Gasteiger partial charge in [-0.25, -0.2) is 0 Å². The van der Waals surface area contributed by atoms with Crippen molar-refractivity contribution in [3.63, 3.8) is 0 Å². The molecule has 1 aliphatic heterocycles. The lowest BCUT2D eigenvalue weighted by molar-refractivity contribution is 0.0742. The van der Waals surface area contributed by atoms with Crippen LogP contribution in [0.1, 0.15) is 11.3 Å². The summed E-state index contributed by atoms with van der Waals surface area (Å²) in [7, 11) is 0. The van der Waals surface area contributed by atoms with Gasteiger partial charge in [0, 0.05) is 24.0 Å². The molecule has 3 nitrogen and oxygen atoms in total. The molecular weight excluding hydrogens is 288 g/mol. The minimum Gasteiger partial charge on any atom is -0.379 e. The molecule has 1 saturated heterocycles. The van der Waals surface area contributed by atoms with E-state index in [1.54, 1.807) is 11.3 Å². The van der Waals surface area contributed by atoms with E-state index in [1.807, 2.05) is 0 Å². The van der Waals surface area contributed by atoms with Gasteiger partial charge in [-0.2, -0.15) is 0 Å². The molecule has 0 saturated carbocycles. The van der Waals surface area contributed by atoms with Gasteiger partial charge in [-0.3, -0.25) is 0 Å². The molecule has 1 fully saturated rings. The van der Waals surface area contributed by atoms with Crippen molar-refractivity contribution in [2.45, 2.75) is 19.0 Å². The van der Waals surface area contributed by atoms with Gasteiger partial charge in [-0.1, -0.05) is 0 Å². The Morgan fingerprint density at radius 1 is 1.56 bits per heavy atom. The highest BCUT2D eigenvalue weighted by molar-refractivity contribution is 9.11. The van der Waals surface area contributed by atoms with Crippen LogP contribution in [0.25, 0.3) is 0 Å². The highest BCUT2D eigenvalue weighted by atomic mass is 79.9. The highest BCUT2D eigenvalue weighted by Gasteiger charge is 2.11. The zero-order valence-electron chi connectivity index (χ0n) is 9.17. The van der Waals surface area contributed by atoms with Crippen LogP contribution in [0.2, 0.25) is 0 Å². The van der Waals surface area contributed by atoms with E-state index in [0.717, 1.165) is 39.3 Å². The Balaban J connectivity index is 1.57. The van der Waals surface area contributed by atoms with Crippen molar-refractivity contribution >= 4 is 27.3 Å². The fraction of sp³-hybridized carbons (Fsp3) is 0.636. The maximum atomic E-state index is 5.41. The summed E-state index contributed by atoms with van der Waals surface area (Å²) in [6.07, 6.45) is 1.13. The van der Waals surface area contributed by atoms with Crippen molar-refractivity contribution in [2.24, 2.45) is 0 Å². The molecule has 0 radical (unpaired) electrons. The zero-order chi connectivity index (χ0) is 11.2. The Bertz CT molecular complexity index is 313. The van der Waals surface area contributed by atoms with Gasteiger partial charge in [0.25, 0.3) is 0 Å². The van der Waals surface area contributed by atoms with E-state index < -0.39 is 0 Å². The average molecular weight is 305 g/mol. The molecule has 1 aromatic heterocycles. The smallest absolute Gasteiger partial charge is 0.0701 e. The second-order valence-electron chi connectivity index (χ2n) is 3.90. The molecule has 5 heteroatoms. The molecule has 0 bridgehead atoms. The molecule has 0 aromatic carbocycles. The Kier molecular flexibility index (Phi) is 5.25. The Morgan fingerprint density at radius 2 is 2.50 bits per heavy atom. The van der Waals surface area contributed by atoms with Crippen LogP contribution in [0.4, 0.5) is 0 Å². The third kappa shape index (κ3) is 4.14. The molecule has 2 N–H and O–H groups in total. The minimum absolute atomic E-state index is 0.524. The van der Waals surface area contributed by atoms with E-state index in [4.69, 9.17) is 4.74 Å². The third-order valence-corrected chi connectivity index (χ3v) is 4.22. The molecule has 1 aliphatic rings. The van der Waals surface area contributed by atoms with Gasteiger partial charge < -0.3 is 15.4 Å². The lowest BCUT2D eigenvalue weighted by Crippen LogP contribution is -2.42. The number of thiophene rings is 1. The van der Waals surface area contributed by atoms with E-state index in [-0.39, 0.29) is 0 Å². The van der Waals surface area contributed by atoms with Gasteiger partial charge in [0.1, 0.15) is 0 Å². The molecule has 0 amide bonds. The van der Waals surface area contributed by atoms with Crippen molar-refractivity contribution in [1.29, 1.82) is 0 Å². The number of hydrogen-bond acceptors (Lipinski definition) is 4. The second kappa shape index (κ2) is 6.71. The van der Waals surface area contributed by atoms with Gasteiger partial charge in [-0.15, -0.1) is 11.3 Å². The Labute approximate surface area is 109 Å². The molecule has 0 aliphatic carbocycles. The van der Waals surface area contributed by atoms with E-state index in [0.29, 0.717) is 6.04 Å². The number of ether oxygens (including phenoxy) is 1. The fourth-order valence-corrected chi connectivity index (χ4v) is 3.19. The summed E-state index contributed by atoms with van der Waals surface area (Å²) < 4.78 is 6.61. The Morgan fingerprint density at radius 3 is 3.19 bits per heavy atom. The van der Waals surface area contributed by atoms with Crippen molar-refractivity contribution in [2.75, 3.05) is 26.3 Å². The normalized spacial score (nSPS) is 21.2. The van der Waals surface area contributed by atoms with Crippen LogP contribution in [-0.4, -0.2) is 32.3 Å². The highest BCUT2D eigenvalue weighted by Crippen LogP contribution is 2.21. The number of rotatable bonds is 5. The topological polar surface area (TPSA) is 33.3 Å². The molecule has 0 spiro atoms. The number of nitrogens with one attached hydrogen (secondary N) is 2. The standard InChI is InChI=1S/C11H17BrN2OS/c12-11-2-1-10(16-11)7-13-4-3-9-8-15-6-5-14-9/h1-2,9,13-14H,3-8H2. The van der Waals surface area contributed by atoms with E-state index in [2.05, 4.69) is 38.7 Å². The summed E-state index contributed by atoms with van der Waals surface area (Å²) in [4.78, 5) is 1.37. The molecule has 1 unspecified atom stereocenters. The maximum Gasteiger partial charge on any atom is 0.0701 e. The van der Waals surface area contributed by atoms with Gasteiger partial charge in [0.15, 0.2) is 0 Å². The summed E-state index contributed by atoms with van der Waals surface area (Å²) in [6, 6.07) is 4.78. The quantitative estimate of drug-likeness (QED) is 0.816. The second-order valence-corrected chi connectivity index (χ2v) is 6.44.